The molecule has 7 heteroatoms. The second-order valence-electron chi connectivity index (χ2n) is 6.31. The molecule has 2 N–H and O–H groups in total. The Morgan fingerprint density at radius 1 is 1.33 bits per heavy atom. The van der Waals surface area contributed by atoms with Crippen LogP contribution in [0.3, 0.4) is 0 Å². The van der Waals surface area contributed by atoms with Gasteiger partial charge in [0.1, 0.15) is 5.82 Å². The summed E-state index contributed by atoms with van der Waals surface area (Å²) in [5, 5.41) is 17.9. The topological polar surface area (TPSA) is 59.3 Å². The summed E-state index contributed by atoms with van der Waals surface area (Å²) in [5.74, 6) is -0.0292. The van der Waals surface area contributed by atoms with Gasteiger partial charge in [0.25, 0.3) is 0 Å². The van der Waals surface area contributed by atoms with Crippen molar-refractivity contribution in [1.29, 1.82) is 0 Å². The Labute approximate surface area is 162 Å². The molecular weight excluding hydrogens is 369 g/mol. The molecule has 27 heavy (non-hydrogen) atoms. The van der Waals surface area contributed by atoms with E-state index in [9.17, 15) is 9.50 Å². The summed E-state index contributed by atoms with van der Waals surface area (Å²) < 4.78 is 20.3. The van der Waals surface area contributed by atoms with Crippen LogP contribution in [0.25, 0.3) is 5.69 Å². The highest BCUT2D eigenvalue weighted by atomic mass is 35.5. The molecule has 0 unspecified atom stereocenters. The number of halogens is 2. The molecule has 1 aromatic heterocycles. The number of hydrogen-bond acceptors (Lipinski definition) is 4. The van der Waals surface area contributed by atoms with Crippen LogP contribution >= 0.6 is 11.6 Å². The van der Waals surface area contributed by atoms with Gasteiger partial charge in [-0.05, 0) is 49.7 Å². The fraction of sp³-hybridized carbons (Fsp3) is 0.250. The predicted molar refractivity (Wildman–Crippen MR) is 103 cm³/mol. The first kappa shape index (κ1) is 19.2. The van der Waals surface area contributed by atoms with Gasteiger partial charge in [-0.3, -0.25) is 0 Å². The molecule has 0 saturated heterocycles. The number of phenolic OH excluding ortho intramolecular Hbond substituents is 1. The molecule has 0 amide bonds. The first-order chi connectivity index (χ1) is 12.9. The summed E-state index contributed by atoms with van der Waals surface area (Å²) in [5.41, 5.74) is 3.51. The summed E-state index contributed by atoms with van der Waals surface area (Å²) in [6.45, 7) is 4.51. The van der Waals surface area contributed by atoms with Crippen LogP contribution in [0.4, 0.5) is 4.39 Å². The van der Waals surface area contributed by atoms with Gasteiger partial charge in [-0.15, -0.1) is 0 Å². The zero-order valence-corrected chi connectivity index (χ0v) is 16.1. The first-order valence-corrected chi connectivity index (χ1v) is 8.87. The molecule has 0 fully saturated rings. The molecule has 3 rings (SSSR count). The highest BCUT2D eigenvalue weighted by molar-refractivity contribution is 6.32. The number of nitrogens with zero attached hydrogens (tertiary/aromatic N) is 2. The number of nitrogens with one attached hydrogen (secondary N) is 1. The van der Waals surface area contributed by atoms with Gasteiger partial charge >= 0.3 is 0 Å². The standard InChI is InChI=1S/C20H21ClFN3O2/c1-12(23-10-14-7-18(21)20(26)19(8-14)27-3)17-11-24-25(13(17)2)16-6-4-5-15(22)9-16/h4-9,11-12,23,26H,10H2,1-3H3/t12-/m0/s1. The average molecular weight is 390 g/mol. The molecule has 0 aliphatic rings. The Kier molecular flexibility index (Phi) is 5.68. The molecule has 0 saturated carbocycles. The van der Waals surface area contributed by atoms with Crippen LogP contribution in [0.15, 0.2) is 42.6 Å². The minimum absolute atomic E-state index is 0.00545. The molecule has 0 aliphatic carbocycles. The summed E-state index contributed by atoms with van der Waals surface area (Å²) >= 11 is 6.04. The first-order valence-electron chi connectivity index (χ1n) is 8.50. The third-order valence-electron chi connectivity index (χ3n) is 4.49. The van der Waals surface area contributed by atoms with Gasteiger partial charge in [-0.1, -0.05) is 17.7 Å². The monoisotopic (exact) mass is 389 g/mol. The molecule has 0 spiro atoms. The lowest BCUT2D eigenvalue weighted by Crippen LogP contribution is -2.18. The van der Waals surface area contributed by atoms with E-state index < -0.39 is 0 Å². The van der Waals surface area contributed by atoms with Crippen LogP contribution in [0, 0.1) is 12.7 Å². The minimum Gasteiger partial charge on any atom is -0.503 e. The van der Waals surface area contributed by atoms with Crippen molar-refractivity contribution in [3.05, 3.63) is 70.3 Å². The summed E-state index contributed by atoms with van der Waals surface area (Å²) in [6.07, 6.45) is 1.78. The van der Waals surface area contributed by atoms with Gasteiger partial charge in [0.05, 0.1) is 24.0 Å². The van der Waals surface area contributed by atoms with Crippen molar-refractivity contribution >= 4 is 11.6 Å². The predicted octanol–water partition coefficient (Wildman–Crippen LogP) is 4.54. The fourth-order valence-electron chi connectivity index (χ4n) is 2.98. The highest BCUT2D eigenvalue weighted by Crippen LogP contribution is 2.35. The van der Waals surface area contributed by atoms with E-state index >= 15 is 0 Å². The molecule has 3 aromatic rings. The lowest BCUT2D eigenvalue weighted by molar-refractivity contribution is 0.373. The zero-order chi connectivity index (χ0) is 19.6. The Hall–Kier alpha value is -2.57. The number of phenols is 1. The molecule has 1 heterocycles. The van der Waals surface area contributed by atoms with Gasteiger partial charge in [0, 0.05) is 23.8 Å². The van der Waals surface area contributed by atoms with Crippen molar-refractivity contribution in [1.82, 2.24) is 15.1 Å². The maximum atomic E-state index is 13.5. The van der Waals surface area contributed by atoms with Crippen molar-refractivity contribution in [2.24, 2.45) is 0 Å². The largest absolute Gasteiger partial charge is 0.503 e. The normalized spacial score (nSPS) is 12.2. The number of hydrogen-bond donors (Lipinski definition) is 2. The van der Waals surface area contributed by atoms with E-state index in [4.69, 9.17) is 16.3 Å². The second kappa shape index (κ2) is 7.98. The molecule has 1 atom stereocenters. The molecule has 0 aliphatic heterocycles. The number of methoxy groups -OCH3 is 1. The van der Waals surface area contributed by atoms with Crippen molar-refractivity contribution in [3.63, 3.8) is 0 Å². The van der Waals surface area contributed by atoms with Crippen molar-refractivity contribution < 1.29 is 14.2 Å². The molecule has 5 nitrogen and oxygen atoms in total. The Bertz CT molecular complexity index is 958. The summed E-state index contributed by atoms with van der Waals surface area (Å²) in [4.78, 5) is 0. The lowest BCUT2D eigenvalue weighted by Gasteiger charge is -2.15. The second-order valence-corrected chi connectivity index (χ2v) is 6.72. The third-order valence-corrected chi connectivity index (χ3v) is 4.78. The molecular formula is C20H21ClFN3O2. The van der Waals surface area contributed by atoms with Crippen molar-refractivity contribution in [2.45, 2.75) is 26.4 Å². The fourth-order valence-corrected chi connectivity index (χ4v) is 3.21. The highest BCUT2D eigenvalue weighted by Gasteiger charge is 2.15. The van der Waals surface area contributed by atoms with E-state index in [1.807, 2.05) is 19.9 Å². The SMILES string of the molecule is COc1cc(CN[C@@H](C)c2cnn(-c3cccc(F)c3)c2C)cc(Cl)c1O. The van der Waals surface area contributed by atoms with Crippen LogP contribution in [-0.2, 0) is 6.54 Å². The van der Waals surface area contributed by atoms with Gasteiger partial charge in [-0.2, -0.15) is 5.10 Å². The van der Waals surface area contributed by atoms with E-state index in [1.54, 1.807) is 29.1 Å². The van der Waals surface area contributed by atoms with E-state index in [2.05, 4.69) is 10.4 Å². The molecule has 0 bridgehead atoms. The van der Waals surface area contributed by atoms with E-state index in [-0.39, 0.29) is 22.6 Å². The lowest BCUT2D eigenvalue weighted by atomic mass is 10.1. The Morgan fingerprint density at radius 3 is 2.81 bits per heavy atom. The maximum absolute atomic E-state index is 13.5. The van der Waals surface area contributed by atoms with Gasteiger partial charge in [0.2, 0.25) is 0 Å². The maximum Gasteiger partial charge on any atom is 0.176 e. The van der Waals surface area contributed by atoms with E-state index in [0.717, 1.165) is 16.8 Å². The zero-order valence-electron chi connectivity index (χ0n) is 15.3. The van der Waals surface area contributed by atoms with Crippen LogP contribution < -0.4 is 10.1 Å². The smallest absolute Gasteiger partial charge is 0.176 e. The van der Waals surface area contributed by atoms with Crippen LogP contribution in [0.2, 0.25) is 5.02 Å². The third kappa shape index (κ3) is 4.07. The number of ether oxygens (including phenoxy) is 1. The number of aromatic hydroxyl groups is 1. The quantitative estimate of drug-likeness (QED) is 0.650. The number of aromatic nitrogens is 2. The number of benzene rings is 2. The van der Waals surface area contributed by atoms with Gasteiger partial charge < -0.3 is 15.2 Å². The summed E-state index contributed by atoms with van der Waals surface area (Å²) in [7, 11) is 1.48. The van der Waals surface area contributed by atoms with Gasteiger partial charge in [0.15, 0.2) is 11.5 Å². The molecule has 142 valence electrons. The summed E-state index contributed by atoms with van der Waals surface area (Å²) in [6, 6.07) is 9.78. The minimum atomic E-state index is -0.298. The molecule has 0 radical (unpaired) electrons. The van der Waals surface area contributed by atoms with Crippen molar-refractivity contribution in [3.8, 4) is 17.2 Å². The van der Waals surface area contributed by atoms with Crippen LogP contribution in [0.1, 0.15) is 29.8 Å². The van der Waals surface area contributed by atoms with E-state index in [0.29, 0.717) is 18.0 Å². The van der Waals surface area contributed by atoms with Crippen LogP contribution in [-0.4, -0.2) is 22.0 Å². The van der Waals surface area contributed by atoms with Crippen molar-refractivity contribution in [2.75, 3.05) is 7.11 Å². The van der Waals surface area contributed by atoms with Crippen LogP contribution in [0.5, 0.6) is 11.5 Å². The van der Waals surface area contributed by atoms with E-state index in [1.165, 1.54) is 19.2 Å². The molecule has 2 aromatic carbocycles. The Balaban J connectivity index is 1.76. The average Bonchev–Trinajstić information content (AvgIpc) is 3.03. The van der Waals surface area contributed by atoms with Gasteiger partial charge in [-0.25, -0.2) is 9.07 Å². The number of rotatable bonds is 6. The Morgan fingerprint density at radius 2 is 2.11 bits per heavy atom.